The van der Waals surface area contributed by atoms with Gasteiger partial charge in [-0.25, -0.2) is 4.79 Å². The monoisotopic (exact) mass is 1050 g/mol. The van der Waals surface area contributed by atoms with Gasteiger partial charge >= 0.3 is 17.9 Å². The summed E-state index contributed by atoms with van der Waals surface area (Å²) in [6.45, 7) is 4.77. The van der Waals surface area contributed by atoms with Gasteiger partial charge in [0.15, 0.2) is 6.10 Å². The zero-order chi connectivity index (χ0) is 54.8. The fourth-order valence-electron chi connectivity index (χ4n) is 8.47. The number of aliphatic carboxylic acids is 1. The second-order valence-corrected chi connectivity index (χ2v) is 21.6. The van der Waals surface area contributed by atoms with Crippen molar-refractivity contribution in [3.05, 3.63) is 85.1 Å². The molecular weight excluding hydrogens is 935 g/mol. The van der Waals surface area contributed by atoms with Crippen LogP contribution in [0.5, 0.6) is 0 Å². The van der Waals surface area contributed by atoms with Crippen LogP contribution in [0.1, 0.15) is 258 Å². The summed E-state index contributed by atoms with van der Waals surface area (Å²) in [4.78, 5) is 37.4. The Bertz CT molecular complexity index is 1500. The van der Waals surface area contributed by atoms with Crippen molar-refractivity contribution in [2.24, 2.45) is 0 Å². The highest BCUT2D eigenvalue weighted by molar-refractivity contribution is 5.71. The van der Waals surface area contributed by atoms with E-state index in [2.05, 4.69) is 98.9 Å². The SMILES string of the molecule is CC/C=C\C/C=C\C/C=C\C/C=C\C/C=C\C/C=C\C/C=C\CCCCCCCCCCCCCCCCCC(=O)OC(COC(=O)CCCCCCCCCCCCCCC)COC(OCC[N+](C)(C)C)C(=O)O. The molecule has 0 radical (unpaired) electrons. The summed E-state index contributed by atoms with van der Waals surface area (Å²) in [5, 5.41) is 9.69. The van der Waals surface area contributed by atoms with Crippen molar-refractivity contribution in [2.75, 3.05) is 47.5 Å². The third kappa shape index (κ3) is 58.0. The Labute approximate surface area is 461 Å². The van der Waals surface area contributed by atoms with Crippen molar-refractivity contribution >= 4 is 17.9 Å². The highest BCUT2D eigenvalue weighted by atomic mass is 16.7. The van der Waals surface area contributed by atoms with Gasteiger partial charge < -0.3 is 28.5 Å². The molecule has 0 aromatic carbocycles. The van der Waals surface area contributed by atoms with Crippen LogP contribution in [0.25, 0.3) is 0 Å². The van der Waals surface area contributed by atoms with Crippen LogP contribution in [0.2, 0.25) is 0 Å². The van der Waals surface area contributed by atoms with E-state index in [-0.39, 0.29) is 32.2 Å². The highest BCUT2D eigenvalue weighted by Crippen LogP contribution is 2.17. The Kier molecular flexibility index (Phi) is 54.0. The number of allylic oxidation sites excluding steroid dienone is 14. The lowest BCUT2D eigenvalue weighted by Gasteiger charge is -2.25. The summed E-state index contributed by atoms with van der Waals surface area (Å²) < 4.78 is 22.9. The summed E-state index contributed by atoms with van der Waals surface area (Å²) in [6.07, 6.45) is 72.5. The number of hydrogen-bond acceptors (Lipinski definition) is 7. The number of esters is 2. The van der Waals surface area contributed by atoms with Crippen molar-refractivity contribution in [3.63, 3.8) is 0 Å². The van der Waals surface area contributed by atoms with Gasteiger partial charge in [-0.15, -0.1) is 0 Å². The normalized spacial score (nSPS) is 13.3. The van der Waals surface area contributed by atoms with Crippen LogP contribution in [0.3, 0.4) is 0 Å². The minimum Gasteiger partial charge on any atom is -0.477 e. The third-order valence-corrected chi connectivity index (χ3v) is 13.2. The Morgan fingerprint density at radius 2 is 0.760 bits per heavy atom. The summed E-state index contributed by atoms with van der Waals surface area (Å²) in [6, 6.07) is 0. The maximum atomic E-state index is 12.9. The van der Waals surface area contributed by atoms with Crippen LogP contribution in [0.15, 0.2) is 85.1 Å². The third-order valence-electron chi connectivity index (χ3n) is 13.2. The number of carboxylic acid groups (broad SMARTS) is 1. The number of unbranched alkanes of at least 4 members (excludes halogenated alkanes) is 27. The van der Waals surface area contributed by atoms with Crippen molar-refractivity contribution in [3.8, 4) is 0 Å². The molecule has 9 heteroatoms. The van der Waals surface area contributed by atoms with Crippen molar-refractivity contribution in [1.29, 1.82) is 0 Å². The number of carbonyl (C=O) groups excluding carboxylic acids is 2. The Morgan fingerprint density at radius 3 is 1.13 bits per heavy atom. The molecule has 0 spiro atoms. The minimum atomic E-state index is -1.51. The zero-order valence-electron chi connectivity index (χ0n) is 49.2. The molecule has 0 saturated carbocycles. The second kappa shape index (κ2) is 56.7. The van der Waals surface area contributed by atoms with Crippen LogP contribution in [-0.2, 0) is 33.3 Å². The highest BCUT2D eigenvalue weighted by Gasteiger charge is 2.25. The molecule has 0 aromatic rings. The van der Waals surface area contributed by atoms with E-state index < -0.39 is 24.3 Å². The lowest BCUT2D eigenvalue weighted by Crippen LogP contribution is -2.40. The van der Waals surface area contributed by atoms with Crippen molar-refractivity contribution < 1.29 is 42.9 Å². The molecule has 0 saturated heterocycles. The minimum absolute atomic E-state index is 0.181. The smallest absolute Gasteiger partial charge is 0.361 e. The average Bonchev–Trinajstić information content (AvgIpc) is 3.38. The number of likely N-dealkylation sites (N-methyl/N-ethyl adjacent to an activating group) is 1. The van der Waals surface area contributed by atoms with Crippen molar-refractivity contribution in [2.45, 2.75) is 270 Å². The number of nitrogens with zero attached hydrogens (tertiary/aromatic N) is 1. The van der Waals surface area contributed by atoms with E-state index >= 15 is 0 Å². The standard InChI is InChI=1S/C66H115NO8/c1-6-8-10-12-14-16-18-20-21-22-23-24-25-26-27-28-29-30-31-32-33-34-35-36-37-38-39-40-41-42-43-45-47-49-51-53-55-57-64(69)75-62(61-74-66(65(70)71)72-59-58-67(3,4)5)60-73-63(68)56-54-52-50-48-46-44-19-17-15-13-11-9-7-2/h8,10,14,16,20-21,23-24,26-27,29-30,32-33,62,66H,6-7,9,11-13,15,17-19,22,25,28,31,34-61H2,1-5H3/p+1/b10-8-,16-14-,21-20-,24-23-,27-26-,30-29-,33-32-. The van der Waals surface area contributed by atoms with Crippen LogP contribution in [0, 0.1) is 0 Å². The van der Waals surface area contributed by atoms with Crippen LogP contribution >= 0.6 is 0 Å². The first-order valence-electron chi connectivity index (χ1n) is 30.8. The molecule has 0 aromatic heterocycles. The van der Waals surface area contributed by atoms with Crippen LogP contribution in [-0.4, -0.2) is 87.4 Å². The molecule has 9 nitrogen and oxygen atoms in total. The number of rotatable bonds is 56. The molecule has 1 N–H and O–H groups in total. The van der Waals surface area contributed by atoms with Crippen LogP contribution < -0.4 is 0 Å². The molecule has 0 fully saturated rings. The van der Waals surface area contributed by atoms with Gasteiger partial charge in [-0.1, -0.05) is 259 Å². The van der Waals surface area contributed by atoms with Gasteiger partial charge in [0.1, 0.15) is 13.2 Å². The van der Waals surface area contributed by atoms with E-state index in [1.165, 1.54) is 148 Å². The quantitative estimate of drug-likeness (QED) is 0.0211. The molecule has 432 valence electrons. The maximum Gasteiger partial charge on any atom is 0.361 e. The van der Waals surface area contributed by atoms with Gasteiger partial charge in [0.2, 0.25) is 0 Å². The first-order valence-corrected chi connectivity index (χ1v) is 30.8. The van der Waals surface area contributed by atoms with Crippen LogP contribution in [0.4, 0.5) is 0 Å². The Morgan fingerprint density at radius 1 is 0.413 bits per heavy atom. The Hall–Kier alpha value is -3.53. The number of ether oxygens (including phenoxy) is 4. The average molecular weight is 1050 g/mol. The van der Waals surface area contributed by atoms with Gasteiger partial charge in [0.05, 0.1) is 34.4 Å². The number of quaternary nitrogens is 1. The molecule has 0 aliphatic heterocycles. The van der Waals surface area contributed by atoms with Gasteiger partial charge in [0, 0.05) is 12.8 Å². The summed E-state index contributed by atoms with van der Waals surface area (Å²) in [7, 11) is 5.97. The zero-order valence-corrected chi connectivity index (χ0v) is 49.2. The van der Waals surface area contributed by atoms with E-state index in [1.54, 1.807) is 0 Å². The fraction of sp³-hybridized carbons (Fsp3) is 0.742. The predicted octanol–water partition coefficient (Wildman–Crippen LogP) is 18.3. The van der Waals surface area contributed by atoms with Gasteiger partial charge in [-0.05, 0) is 70.6 Å². The lowest BCUT2D eigenvalue weighted by molar-refractivity contribution is -0.870. The molecule has 0 heterocycles. The number of carbonyl (C=O) groups is 3. The fourth-order valence-corrected chi connectivity index (χ4v) is 8.47. The molecule has 0 amide bonds. The lowest BCUT2D eigenvalue weighted by atomic mass is 10.0. The molecule has 75 heavy (non-hydrogen) atoms. The van der Waals surface area contributed by atoms with Crippen molar-refractivity contribution in [1.82, 2.24) is 0 Å². The van der Waals surface area contributed by atoms with Gasteiger partial charge in [-0.3, -0.25) is 9.59 Å². The van der Waals surface area contributed by atoms with E-state index in [0.717, 1.165) is 83.5 Å². The molecule has 2 atom stereocenters. The molecule has 0 aliphatic rings. The molecule has 0 bridgehead atoms. The van der Waals surface area contributed by atoms with Gasteiger partial charge in [-0.2, -0.15) is 0 Å². The predicted molar refractivity (Wildman–Crippen MR) is 318 cm³/mol. The molecule has 0 aliphatic carbocycles. The van der Waals surface area contributed by atoms with E-state index in [9.17, 15) is 19.5 Å². The first-order chi connectivity index (χ1) is 36.6. The largest absolute Gasteiger partial charge is 0.477 e. The topological polar surface area (TPSA) is 108 Å². The van der Waals surface area contributed by atoms with E-state index in [0.29, 0.717) is 17.4 Å². The van der Waals surface area contributed by atoms with Gasteiger partial charge in [0.25, 0.3) is 6.29 Å². The number of carboxylic acids is 1. The summed E-state index contributed by atoms with van der Waals surface area (Å²) in [5.74, 6) is -2.00. The molecule has 2 unspecified atom stereocenters. The summed E-state index contributed by atoms with van der Waals surface area (Å²) >= 11 is 0. The summed E-state index contributed by atoms with van der Waals surface area (Å²) in [5.41, 5.74) is 0. The molecular formula is C66H116NO8+. The first kappa shape index (κ1) is 71.5. The maximum absolute atomic E-state index is 12.9. The number of hydrogen-bond donors (Lipinski definition) is 1. The Balaban J connectivity index is 4.06. The molecule has 0 rings (SSSR count). The second-order valence-electron chi connectivity index (χ2n) is 21.6. The van der Waals surface area contributed by atoms with E-state index in [1.807, 2.05) is 21.1 Å². The van der Waals surface area contributed by atoms with E-state index in [4.69, 9.17) is 18.9 Å².